The second-order valence-electron chi connectivity index (χ2n) is 5.60. The Kier molecular flexibility index (Phi) is 6.12. The summed E-state index contributed by atoms with van der Waals surface area (Å²) in [6.45, 7) is 0. The fourth-order valence-electron chi connectivity index (χ4n) is 2.26. The van der Waals surface area contributed by atoms with E-state index in [4.69, 9.17) is 4.55 Å². The van der Waals surface area contributed by atoms with Gasteiger partial charge >= 0.3 is 0 Å². The molecule has 10 nitrogen and oxygen atoms in total. The zero-order chi connectivity index (χ0) is 23.3. The van der Waals surface area contributed by atoms with E-state index in [2.05, 4.69) is 0 Å². The normalized spacial score (nSPS) is 13.4. The first-order chi connectivity index (χ1) is 13.4. The monoisotopic (exact) mass is 510 g/mol. The molecule has 2 N–H and O–H groups in total. The van der Waals surface area contributed by atoms with Crippen LogP contribution in [0.1, 0.15) is 0 Å². The number of hydrogen-bond donors (Lipinski definition) is 2. The topological polar surface area (TPSA) is 177 Å². The molecular weight excluding hydrogens is 501 g/mol. The Bertz CT molecular complexity index is 1440. The van der Waals surface area contributed by atoms with Gasteiger partial charge < -0.3 is 0 Å². The van der Waals surface area contributed by atoms with E-state index in [-0.39, 0.29) is 24.3 Å². The van der Waals surface area contributed by atoms with Crippen LogP contribution in [0.15, 0.2) is 49.9 Å². The first kappa shape index (κ1) is 24.2. The van der Waals surface area contributed by atoms with E-state index < -0.39 is 82.0 Å². The Labute approximate surface area is 168 Å². The third kappa shape index (κ3) is 4.98. The SMILES string of the molecule is O=S(=O)(O)c1ccc(S(=O)(=O)CS(=O)(=O)c2c(F)cc(F)cc2F)c(S(=O)(=O)O)c1. The molecule has 0 atom stereocenters. The summed E-state index contributed by atoms with van der Waals surface area (Å²) in [5.74, 6) is -5.42. The average Bonchev–Trinajstić information content (AvgIpc) is 2.50. The summed E-state index contributed by atoms with van der Waals surface area (Å²) in [4.78, 5) is -6.03. The minimum absolute atomic E-state index is 0.0310. The van der Waals surface area contributed by atoms with Crippen LogP contribution in [0.3, 0.4) is 0 Å². The Balaban J connectivity index is 2.71. The molecule has 2 rings (SSSR count). The molecule has 0 bridgehead atoms. The summed E-state index contributed by atoms with van der Waals surface area (Å²) < 4.78 is 153. The zero-order valence-corrected chi connectivity index (χ0v) is 17.3. The molecule has 0 heterocycles. The van der Waals surface area contributed by atoms with Gasteiger partial charge in [0.25, 0.3) is 20.2 Å². The van der Waals surface area contributed by atoms with Crippen molar-refractivity contribution in [2.45, 2.75) is 19.6 Å². The molecular formula is C13H9F3O10S4. The largest absolute Gasteiger partial charge is 0.295 e. The molecule has 0 radical (unpaired) electrons. The van der Waals surface area contributed by atoms with E-state index in [0.29, 0.717) is 6.07 Å². The highest BCUT2D eigenvalue weighted by Crippen LogP contribution is 2.29. The van der Waals surface area contributed by atoms with E-state index in [1.54, 1.807) is 0 Å². The number of sulfone groups is 2. The number of hydrogen-bond acceptors (Lipinski definition) is 8. The van der Waals surface area contributed by atoms with Gasteiger partial charge in [0.2, 0.25) is 0 Å². The van der Waals surface area contributed by atoms with Crippen molar-refractivity contribution < 1.29 is 55.9 Å². The molecule has 0 saturated carbocycles. The molecule has 0 unspecified atom stereocenters. The second-order valence-corrected chi connectivity index (χ2v) is 12.7. The molecule has 166 valence electrons. The summed E-state index contributed by atoms with van der Waals surface area (Å²) >= 11 is 0. The highest BCUT2D eigenvalue weighted by Gasteiger charge is 2.35. The van der Waals surface area contributed by atoms with Gasteiger partial charge in [-0.15, -0.1) is 0 Å². The van der Waals surface area contributed by atoms with Gasteiger partial charge in [0.05, 0.1) is 9.79 Å². The van der Waals surface area contributed by atoms with Gasteiger partial charge in [-0.2, -0.15) is 16.8 Å². The van der Waals surface area contributed by atoms with Crippen molar-refractivity contribution in [2.24, 2.45) is 0 Å². The molecule has 2 aromatic rings. The van der Waals surface area contributed by atoms with Gasteiger partial charge in [-0.3, -0.25) is 9.11 Å². The maximum atomic E-state index is 13.8. The molecule has 30 heavy (non-hydrogen) atoms. The number of benzene rings is 2. The Hall–Kier alpha value is -2.05. The van der Waals surface area contributed by atoms with Crippen molar-refractivity contribution in [3.05, 3.63) is 47.8 Å². The van der Waals surface area contributed by atoms with Crippen LogP contribution in [0.2, 0.25) is 0 Å². The van der Waals surface area contributed by atoms with Crippen molar-refractivity contribution in [3.8, 4) is 0 Å². The van der Waals surface area contributed by atoms with Crippen LogP contribution < -0.4 is 0 Å². The zero-order valence-electron chi connectivity index (χ0n) is 14.0. The quantitative estimate of drug-likeness (QED) is 0.417. The fraction of sp³-hybridized carbons (Fsp3) is 0.0769. The molecule has 0 aliphatic heterocycles. The summed E-state index contributed by atoms with van der Waals surface area (Å²) in [5, 5.41) is -2.13. The maximum absolute atomic E-state index is 13.8. The van der Waals surface area contributed by atoms with E-state index in [0.717, 1.165) is 0 Å². The van der Waals surface area contributed by atoms with Crippen LogP contribution in [0.25, 0.3) is 0 Å². The third-order valence-corrected chi connectivity index (χ3v) is 9.80. The first-order valence-electron chi connectivity index (χ1n) is 7.05. The third-order valence-electron chi connectivity index (χ3n) is 3.41. The summed E-state index contributed by atoms with van der Waals surface area (Å²) in [6, 6.07) is 0.584. The molecule has 2 aromatic carbocycles. The van der Waals surface area contributed by atoms with E-state index >= 15 is 0 Å². The van der Waals surface area contributed by atoms with E-state index in [1.807, 2.05) is 0 Å². The highest BCUT2D eigenvalue weighted by molar-refractivity contribution is 8.08. The Morgan fingerprint density at radius 1 is 0.667 bits per heavy atom. The molecule has 0 fully saturated rings. The highest BCUT2D eigenvalue weighted by atomic mass is 32.3. The summed E-state index contributed by atoms with van der Waals surface area (Å²) in [5.41, 5.74) is 0. The van der Waals surface area contributed by atoms with Crippen molar-refractivity contribution in [1.82, 2.24) is 0 Å². The van der Waals surface area contributed by atoms with Crippen molar-refractivity contribution in [3.63, 3.8) is 0 Å². The van der Waals surface area contributed by atoms with Gasteiger partial charge in [0.1, 0.15) is 27.2 Å². The van der Waals surface area contributed by atoms with Crippen LogP contribution in [-0.2, 0) is 39.9 Å². The lowest BCUT2D eigenvalue weighted by Gasteiger charge is -2.11. The van der Waals surface area contributed by atoms with Crippen LogP contribution in [0.4, 0.5) is 13.2 Å². The minimum atomic E-state index is -5.49. The van der Waals surface area contributed by atoms with Gasteiger partial charge in [-0.1, -0.05) is 0 Å². The molecule has 0 aromatic heterocycles. The van der Waals surface area contributed by atoms with Crippen LogP contribution in [0, 0.1) is 17.5 Å². The van der Waals surface area contributed by atoms with Crippen LogP contribution in [-0.4, -0.2) is 47.9 Å². The van der Waals surface area contributed by atoms with Gasteiger partial charge in [0, 0.05) is 12.1 Å². The predicted molar refractivity (Wildman–Crippen MR) is 91.6 cm³/mol. The Morgan fingerprint density at radius 2 is 1.17 bits per heavy atom. The maximum Gasteiger partial charge on any atom is 0.295 e. The fourth-order valence-corrected chi connectivity index (χ4v) is 8.10. The molecule has 0 amide bonds. The molecule has 0 saturated heterocycles. The first-order valence-corrected chi connectivity index (χ1v) is 13.2. The van der Waals surface area contributed by atoms with Crippen molar-refractivity contribution in [1.29, 1.82) is 0 Å². The Morgan fingerprint density at radius 3 is 1.60 bits per heavy atom. The molecule has 0 spiro atoms. The standard InChI is InChI=1S/C13H9F3O10S4/c14-7-3-9(15)13(10(16)4-7)28(19,20)6-27(17,18)11-2-1-8(29(21,22)23)5-12(11)30(24,25)26/h1-5H,6H2,(H,21,22,23)(H,24,25,26). The molecule has 0 aliphatic carbocycles. The van der Waals surface area contributed by atoms with Crippen molar-refractivity contribution >= 4 is 39.9 Å². The number of rotatable bonds is 6. The van der Waals surface area contributed by atoms with Crippen LogP contribution in [0.5, 0.6) is 0 Å². The summed E-state index contributed by atoms with van der Waals surface area (Å²) in [6.07, 6.45) is 0. The number of halogens is 3. The lowest BCUT2D eigenvalue weighted by molar-refractivity contribution is 0.477. The van der Waals surface area contributed by atoms with E-state index in [1.165, 1.54) is 0 Å². The molecule has 0 aliphatic rings. The van der Waals surface area contributed by atoms with Crippen LogP contribution >= 0.6 is 0 Å². The van der Waals surface area contributed by atoms with Gasteiger partial charge in [-0.25, -0.2) is 30.0 Å². The van der Waals surface area contributed by atoms with Crippen molar-refractivity contribution in [2.75, 3.05) is 5.08 Å². The van der Waals surface area contributed by atoms with E-state index in [9.17, 15) is 51.4 Å². The summed E-state index contributed by atoms with van der Waals surface area (Å²) in [7, 11) is -21.3. The lowest BCUT2D eigenvalue weighted by atomic mass is 10.3. The van der Waals surface area contributed by atoms with Gasteiger partial charge in [0.15, 0.2) is 24.8 Å². The smallest absolute Gasteiger partial charge is 0.282 e. The second kappa shape index (κ2) is 7.57. The predicted octanol–water partition coefficient (Wildman–Crippen LogP) is 0.802. The average molecular weight is 510 g/mol. The molecule has 17 heteroatoms. The lowest BCUT2D eigenvalue weighted by Crippen LogP contribution is -2.21. The van der Waals surface area contributed by atoms with Gasteiger partial charge in [-0.05, 0) is 18.2 Å². The minimum Gasteiger partial charge on any atom is -0.282 e.